The van der Waals surface area contributed by atoms with E-state index in [9.17, 15) is 9.59 Å². The van der Waals surface area contributed by atoms with Crippen LogP contribution in [0.4, 0.5) is 0 Å². The molecule has 0 saturated heterocycles. The van der Waals surface area contributed by atoms with Gasteiger partial charge in [-0.2, -0.15) is 0 Å². The Hall–Kier alpha value is -1.32. The van der Waals surface area contributed by atoms with Crippen molar-refractivity contribution < 1.29 is 9.59 Å². The van der Waals surface area contributed by atoms with E-state index in [0.29, 0.717) is 12.3 Å². The molecule has 0 aliphatic heterocycles. The second kappa shape index (κ2) is 13.1. The number of hydrogen-bond donors (Lipinski definition) is 2. The third kappa shape index (κ3) is 8.19. The molecule has 2 unspecified atom stereocenters. The molecule has 0 heterocycles. The van der Waals surface area contributed by atoms with Gasteiger partial charge in [0.2, 0.25) is 11.8 Å². The monoisotopic (exact) mass is 326 g/mol. The van der Waals surface area contributed by atoms with Crippen LogP contribution in [0.2, 0.25) is 0 Å². The normalized spacial score (nSPS) is 23.5. The van der Waals surface area contributed by atoms with Gasteiger partial charge in [-0.3, -0.25) is 9.59 Å². The summed E-state index contributed by atoms with van der Waals surface area (Å²) < 4.78 is 0. The minimum Gasteiger partial charge on any atom is -0.368 e. The topological polar surface area (TPSA) is 72.2 Å². The molecule has 0 spiro atoms. The summed E-state index contributed by atoms with van der Waals surface area (Å²) in [4.78, 5) is 23.0. The number of unbranched alkanes of at least 4 members (excludes halogenated alkanes) is 1. The fourth-order valence-electron chi connectivity index (χ4n) is 2.34. The molecule has 4 heteroatoms. The van der Waals surface area contributed by atoms with E-state index in [0.717, 1.165) is 12.8 Å². The summed E-state index contributed by atoms with van der Waals surface area (Å²) in [6, 6.07) is -0.624. The highest BCUT2D eigenvalue weighted by atomic mass is 16.2. The minimum atomic E-state index is -0.624. The summed E-state index contributed by atoms with van der Waals surface area (Å²) >= 11 is 0. The molecule has 0 aromatic carbocycles. The third-order valence-electron chi connectivity index (χ3n) is 4.34. The first-order chi connectivity index (χ1) is 10.8. The smallest absolute Gasteiger partial charge is 0.240 e. The van der Waals surface area contributed by atoms with Crippen molar-refractivity contribution in [2.45, 2.75) is 86.6 Å². The first-order valence-electron chi connectivity index (χ1n) is 9.09. The zero-order chi connectivity index (χ0) is 18.5. The van der Waals surface area contributed by atoms with Gasteiger partial charge in [-0.25, -0.2) is 0 Å². The number of nitrogens with two attached hydrogens (primary N) is 1. The van der Waals surface area contributed by atoms with Crippen LogP contribution in [0, 0.1) is 11.3 Å². The van der Waals surface area contributed by atoms with Crippen LogP contribution in [0.25, 0.3) is 0 Å². The SMILES string of the molecule is CC.CCC(=O)N[C@H](C(N)=O)C1(C)C=CCCC1C.CCCC. The van der Waals surface area contributed by atoms with Gasteiger partial charge < -0.3 is 11.1 Å². The Morgan fingerprint density at radius 2 is 1.78 bits per heavy atom. The summed E-state index contributed by atoms with van der Waals surface area (Å²) in [6.45, 7) is 14.2. The van der Waals surface area contributed by atoms with Crippen LogP contribution < -0.4 is 11.1 Å². The highest BCUT2D eigenvalue weighted by Crippen LogP contribution is 2.39. The molecule has 0 aromatic heterocycles. The molecule has 3 atom stereocenters. The maximum absolute atomic E-state index is 11.6. The van der Waals surface area contributed by atoms with Crippen molar-refractivity contribution in [3.05, 3.63) is 12.2 Å². The molecule has 1 aliphatic rings. The lowest BCUT2D eigenvalue weighted by Crippen LogP contribution is -2.56. The Labute approximate surface area is 143 Å². The van der Waals surface area contributed by atoms with Crippen LogP contribution in [0.5, 0.6) is 0 Å². The van der Waals surface area contributed by atoms with Gasteiger partial charge in [0.25, 0.3) is 0 Å². The molecular formula is C19H38N2O2. The average molecular weight is 327 g/mol. The van der Waals surface area contributed by atoms with E-state index in [2.05, 4.69) is 32.2 Å². The molecule has 0 fully saturated rings. The van der Waals surface area contributed by atoms with Gasteiger partial charge in [-0.05, 0) is 18.8 Å². The van der Waals surface area contributed by atoms with Crippen LogP contribution in [-0.2, 0) is 9.59 Å². The fraction of sp³-hybridized carbons (Fsp3) is 0.789. The van der Waals surface area contributed by atoms with Gasteiger partial charge in [0.1, 0.15) is 6.04 Å². The van der Waals surface area contributed by atoms with Gasteiger partial charge in [0.05, 0.1) is 0 Å². The second-order valence-electron chi connectivity index (χ2n) is 6.00. The lowest BCUT2D eigenvalue weighted by atomic mass is 9.67. The van der Waals surface area contributed by atoms with Crippen molar-refractivity contribution in [1.29, 1.82) is 0 Å². The van der Waals surface area contributed by atoms with Crippen molar-refractivity contribution in [3.63, 3.8) is 0 Å². The Balaban J connectivity index is 0. The van der Waals surface area contributed by atoms with Crippen molar-refractivity contribution in [2.24, 2.45) is 17.1 Å². The number of nitrogens with one attached hydrogen (secondary N) is 1. The predicted octanol–water partition coefficient (Wildman–Crippen LogP) is 4.19. The summed E-state index contributed by atoms with van der Waals surface area (Å²) in [5, 5.41) is 2.74. The molecule has 4 nitrogen and oxygen atoms in total. The van der Waals surface area contributed by atoms with Gasteiger partial charge >= 0.3 is 0 Å². The number of carbonyl (C=O) groups excluding carboxylic acids is 2. The van der Waals surface area contributed by atoms with E-state index in [1.165, 1.54) is 12.8 Å². The third-order valence-corrected chi connectivity index (χ3v) is 4.34. The number of carbonyl (C=O) groups is 2. The van der Waals surface area contributed by atoms with E-state index in [-0.39, 0.29) is 11.3 Å². The van der Waals surface area contributed by atoms with Gasteiger partial charge in [-0.15, -0.1) is 0 Å². The lowest BCUT2D eigenvalue weighted by Gasteiger charge is -2.41. The Morgan fingerprint density at radius 1 is 1.26 bits per heavy atom. The first kappa shape index (κ1) is 23.9. The molecule has 0 aromatic rings. The Kier molecular flexibility index (Phi) is 13.7. The van der Waals surface area contributed by atoms with Gasteiger partial charge in [-0.1, -0.05) is 73.5 Å². The second-order valence-corrected chi connectivity index (χ2v) is 6.00. The zero-order valence-corrected chi connectivity index (χ0v) is 16.2. The number of rotatable bonds is 5. The molecule has 1 aliphatic carbocycles. The summed E-state index contributed by atoms with van der Waals surface area (Å²) in [7, 11) is 0. The summed E-state index contributed by atoms with van der Waals surface area (Å²) in [5.74, 6) is -0.281. The first-order valence-corrected chi connectivity index (χ1v) is 9.09. The number of hydrogen-bond acceptors (Lipinski definition) is 2. The minimum absolute atomic E-state index is 0.138. The number of primary amides is 1. The van der Waals surface area contributed by atoms with Crippen molar-refractivity contribution in [1.82, 2.24) is 5.32 Å². The highest BCUT2D eigenvalue weighted by molar-refractivity contribution is 5.87. The molecule has 1 rings (SSSR count). The van der Waals surface area contributed by atoms with Crippen LogP contribution in [-0.4, -0.2) is 17.9 Å². The average Bonchev–Trinajstić information content (AvgIpc) is 2.56. The summed E-state index contributed by atoms with van der Waals surface area (Å²) in [5.41, 5.74) is 5.05. The molecule has 0 saturated carbocycles. The van der Waals surface area contributed by atoms with E-state index in [4.69, 9.17) is 5.73 Å². The van der Waals surface area contributed by atoms with E-state index >= 15 is 0 Å². The molecule has 0 bridgehead atoms. The van der Waals surface area contributed by atoms with E-state index in [1.807, 2.05) is 26.8 Å². The van der Waals surface area contributed by atoms with Crippen molar-refractivity contribution in [2.75, 3.05) is 0 Å². The lowest BCUT2D eigenvalue weighted by molar-refractivity contribution is -0.130. The molecule has 0 radical (unpaired) electrons. The Morgan fingerprint density at radius 3 is 2.13 bits per heavy atom. The number of amides is 2. The molecule has 2 amide bonds. The van der Waals surface area contributed by atoms with Crippen LogP contribution in [0.15, 0.2) is 12.2 Å². The standard InChI is InChI=1S/C13H22N2O2.C4H10.C2H6/c1-4-10(16)15-11(12(14)17)13(3)8-6-5-7-9(13)2;1-3-4-2;1-2/h6,8-9,11H,4-5,7H2,1-3H3,(H2,14,17)(H,15,16);3-4H2,1-2H3;1-2H3/t9?,11-,13?;;/m1../s1. The molecular weight excluding hydrogens is 288 g/mol. The fourth-order valence-corrected chi connectivity index (χ4v) is 2.34. The molecule has 3 N–H and O–H groups in total. The molecule has 136 valence electrons. The Bertz CT molecular complexity index is 364. The van der Waals surface area contributed by atoms with Gasteiger partial charge in [0.15, 0.2) is 0 Å². The highest BCUT2D eigenvalue weighted by Gasteiger charge is 2.42. The maximum atomic E-state index is 11.6. The van der Waals surface area contributed by atoms with Crippen molar-refractivity contribution in [3.8, 4) is 0 Å². The van der Waals surface area contributed by atoms with Crippen LogP contribution in [0.1, 0.15) is 80.6 Å². The molecule has 23 heavy (non-hydrogen) atoms. The van der Waals surface area contributed by atoms with Crippen LogP contribution in [0.3, 0.4) is 0 Å². The zero-order valence-electron chi connectivity index (χ0n) is 16.2. The van der Waals surface area contributed by atoms with E-state index in [1.54, 1.807) is 6.92 Å². The van der Waals surface area contributed by atoms with Crippen LogP contribution >= 0.6 is 0 Å². The van der Waals surface area contributed by atoms with E-state index < -0.39 is 11.9 Å². The predicted molar refractivity (Wildman–Crippen MR) is 99.0 cm³/mol. The largest absolute Gasteiger partial charge is 0.368 e. The quantitative estimate of drug-likeness (QED) is 0.743. The maximum Gasteiger partial charge on any atom is 0.240 e. The van der Waals surface area contributed by atoms with Crippen molar-refractivity contribution >= 4 is 11.8 Å². The number of allylic oxidation sites excluding steroid dienone is 1. The van der Waals surface area contributed by atoms with Gasteiger partial charge in [0, 0.05) is 11.8 Å². The summed E-state index contributed by atoms with van der Waals surface area (Å²) in [6.07, 6.45) is 9.11.